The summed E-state index contributed by atoms with van der Waals surface area (Å²) in [6, 6.07) is 1.94. The predicted octanol–water partition coefficient (Wildman–Crippen LogP) is 2.11. The fourth-order valence-corrected chi connectivity index (χ4v) is 2.47. The third-order valence-electron chi connectivity index (χ3n) is 3.38. The average molecular weight is 359 g/mol. The number of hydrogen-bond donors (Lipinski definition) is 2. The number of hydrogen-bond acceptors (Lipinski definition) is 3. The summed E-state index contributed by atoms with van der Waals surface area (Å²) >= 11 is 6.03. The van der Waals surface area contributed by atoms with E-state index in [-0.39, 0.29) is 0 Å². The first-order valence-electron chi connectivity index (χ1n) is 8.39. The zero-order valence-corrected chi connectivity index (χ0v) is 16.2. The van der Waals surface area contributed by atoms with Crippen LogP contribution in [0.4, 0.5) is 0 Å². The minimum atomic E-state index is -0.602. The highest BCUT2D eigenvalue weighted by molar-refractivity contribution is 6.30. The Morgan fingerprint density at radius 2 is 2.17 bits per heavy atom. The SMILES string of the molecule is CCNC(=NCC(O)COCC(C)C)N(C)Cc1cc(Cl)cn1C. The van der Waals surface area contributed by atoms with E-state index in [2.05, 4.69) is 24.2 Å². The van der Waals surface area contributed by atoms with Crippen LogP contribution in [0.2, 0.25) is 5.02 Å². The van der Waals surface area contributed by atoms with Crippen LogP contribution in [0.5, 0.6) is 0 Å². The Morgan fingerprint density at radius 1 is 1.46 bits per heavy atom. The van der Waals surface area contributed by atoms with Crippen LogP contribution in [-0.4, -0.2) is 60.0 Å². The van der Waals surface area contributed by atoms with Gasteiger partial charge in [-0.15, -0.1) is 0 Å². The molecule has 0 aliphatic carbocycles. The molecule has 1 aromatic heterocycles. The maximum absolute atomic E-state index is 10.00. The molecule has 0 aromatic carbocycles. The van der Waals surface area contributed by atoms with Gasteiger partial charge in [-0.25, -0.2) is 0 Å². The van der Waals surface area contributed by atoms with Gasteiger partial charge in [-0.2, -0.15) is 0 Å². The van der Waals surface area contributed by atoms with E-state index >= 15 is 0 Å². The minimum absolute atomic E-state index is 0.304. The highest BCUT2D eigenvalue weighted by atomic mass is 35.5. The molecule has 0 bridgehead atoms. The van der Waals surface area contributed by atoms with Crippen molar-refractivity contribution in [2.75, 3.05) is 33.4 Å². The molecule has 24 heavy (non-hydrogen) atoms. The predicted molar refractivity (Wildman–Crippen MR) is 99.5 cm³/mol. The Hall–Kier alpha value is -1.24. The number of aromatic nitrogens is 1. The van der Waals surface area contributed by atoms with Crippen molar-refractivity contribution in [2.45, 2.75) is 33.4 Å². The Kier molecular flexibility index (Phi) is 9.18. The Morgan fingerprint density at radius 3 is 2.71 bits per heavy atom. The summed E-state index contributed by atoms with van der Waals surface area (Å²) in [6.07, 6.45) is 1.28. The second-order valence-corrected chi connectivity index (χ2v) is 6.83. The van der Waals surface area contributed by atoms with Gasteiger partial charge in [0.25, 0.3) is 0 Å². The molecule has 0 saturated carbocycles. The zero-order valence-electron chi connectivity index (χ0n) is 15.4. The van der Waals surface area contributed by atoms with E-state index in [0.29, 0.717) is 32.2 Å². The number of halogens is 1. The van der Waals surface area contributed by atoms with E-state index in [9.17, 15) is 5.11 Å². The van der Waals surface area contributed by atoms with Crippen LogP contribution in [0, 0.1) is 5.92 Å². The number of guanidine groups is 1. The lowest BCUT2D eigenvalue weighted by molar-refractivity contribution is 0.0300. The topological polar surface area (TPSA) is 62.0 Å². The van der Waals surface area contributed by atoms with Gasteiger partial charge >= 0.3 is 0 Å². The molecule has 6 nitrogen and oxygen atoms in total. The van der Waals surface area contributed by atoms with Crippen LogP contribution in [0.1, 0.15) is 26.5 Å². The summed E-state index contributed by atoms with van der Waals surface area (Å²) in [5.41, 5.74) is 1.09. The summed E-state index contributed by atoms with van der Waals surface area (Å²) in [5.74, 6) is 1.21. The van der Waals surface area contributed by atoms with E-state index in [4.69, 9.17) is 16.3 Å². The van der Waals surface area contributed by atoms with Gasteiger partial charge in [0.1, 0.15) is 0 Å². The Balaban J connectivity index is 2.58. The Bertz CT molecular complexity index is 517. The molecule has 1 aromatic rings. The fourth-order valence-electron chi connectivity index (χ4n) is 2.20. The van der Waals surface area contributed by atoms with Gasteiger partial charge in [-0.1, -0.05) is 25.4 Å². The molecule has 1 rings (SSSR count). The molecule has 0 saturated heterocycles. The van der Waals surface area contributed by atoms with Gasteiger partial charge in [0.05, 0.1) is 30.8 Å². The number of aliphatic imine (C=N–C) groups is 1. The molecule has 7 heteroatoms. The lowest BCUT2D eigenvalue weighted by Crippen LogP contribution is -2.39. The number of nitrogens with zero attached hydrogens (tertiary/aromatic N) is 3. The minimum Gasteiger partial charge on any atom is -0.389 e. The van der Waals surface area contributed by atoms with Crippen LogP contribution in [0.3, 0.4) is 0 Å². The maximum Gasteiger partial charge on any atom is 0.194 e. The van der Waals surface area contributed by atoms with Crippen LogP contribution in [0.15, 0.2) is 17.3 Å². The van der Waals surface area contributed by atoms with Crippen molar-refractivity contribution in [3.8, 4) is 0 Å². The second-order valence-electron chi connectivity index (χ2n) is 6.40. The summed E-state index contributed by atoms with van der Waals surface area (Å²) in [4.78, 5) is 6.51. The average Bonchev–Trinajstić information content (AvgIpc) is 2.80. The van der Waals surface area contributed by atoms with Crippen molar-refractivity contribution in [3.63, 3.8) is 0 Å². The van der Waals surface area contributed by atoms with Crippen molar-refractivity contribution in [3.05, 3.63) is 23.0 Å². The smallest absolute Gasteiger partial charge is 0.194 e. The number of aryl methyl sites for hydroxylation is 1. The van der Waals surface area contributed by atoms with Crippen molar-refractivity contribution in [1.29, 1.82) is 0 Å². The highest BCUT2D eigenvalue weighted by Crippen LogP contribution is 2.14. The summed E-state index contributed by atoms with van der Waals surface area (Å²) < 4.78 is 7.45. The Labute approximate surface area is 150 Å². The third kappa shape index (κ3) is 7.55. The molecule has 0 fully saturated rings. The van der Waals surface area contributed by atoms with Crippen molar-refractivity contribution < 1.29 is 9.84 Å². The first kappa shape index (κ1) is 20.8. The van der Waals surface area contributed by atoms with Crippen LogP contribution in [0.25, 0.3) is 0 Å². The number of aliphatic hydroxyl groups is 1. The van der Waals surface area contributed by atoms with Crippen molar-refractivity contribution >= 4 is 17.6 Å². The standard InChI is InChI=1S/C17H31ClN4O2/c1-6-19-17(20-8-16(23)12-24-11-13(2)3)22(5)10-15-7-14(18)9-21(15)4/h7,9,13,16,23H,6,8,10-12H2,1-5H3,(H,19,20). The molecule has 0 radical (unpaired) electrons. The zero-order chi connectivity index (χ0) is 18.1. The first-order valence-corrected chi connectivity index (χ1v) is 8.77. The maximum atomic E-state index is 10.00. The number of ether oxygens (including phenoxy) is 1. The summed E-state index contributed by atoms with van der Waals surface area (Å²) in [7, 11) is 3.93. The molecule has 0 aliphatic heterocycles. The highest BCUT2D eigenvalue weighted by Gasteiger charge is 2.11. The molecule has 2 N–H and O–H groups in total. The second kappa shape index (κ2) is 10.6. The van der Waals surface area contributed by atoms with Gasteiger partial charge in [-0.05, 0) is 18.9 Å². The molecule has 1 unspecified atom stereocenters. The van der Waals surface area contributed by atoms with Crippen molar-refractivity contribution in [2.24, 2.45) is 18.0 Å². The van der Waals surface area contributed by atoms with Gasteiger partial charge in [0.2, 0.25) is 0 Å². The van der Waals surface area contributed by atoms with E-state index in [1.165, 1.54) is 0 Å². The van der Waals surface area contributed by atoms with E-state index in [1.54, 1.807) is 0 Å². The van der Waals surface area contributed by atoms with Crippen LogP contribution >= 0.6 is 11.6 Å². The van der Waals surface area contributed by atoms with Crippen LogP contribution < -0.4 is 5.32 Å². The molecule has 0 amide bonds. The molecule has 1 heterocycles. The number of aliphatic hydroxyl groups excluding tert-OH is 1. The number of rotatable bonds is 9. The molecular weight excluding hydrogens is 328 g/mol. The third-order valence-corrected chi connectivity index (χ3v) is 3.59. The van der Waals surface area contributed by atoms with Crippen molar-refractivity contribution in [1.82, 2.24) is 14.8 Å². The van der Waals surface area contributed by atoms with Gasteiger partial charge in [-0.3, -0.25) is 4.99 Å². The first-order chi connectivity index (χ1) is 11.3. The normalized spacial score (nSPS) is 13.4. The fraction of sp³-hybridized carbons (Fsp3) is 0.706. The van der Waals surface area contributed by atoms with E-state index in [1.807, 2.05) is 42.7 Å². The molecule has 0 aliphatic rings. The lowest BCUT2D eigenvalue weighted by Gasteiger charge is -2.23. The van der Waals surface area contributed by atoms with Gasteiger partial charge in [0.15, 0.2) is 5.96 Å². The monoisotopic (exact) mass is 358 g/mol. The number of nitrogens with one attached hydrogen (secondary N) is 1. The van der Waals surface area contributed by atoms with E-state index in [0.717, 1.165) is 23.2 Å². The van der Waals surface area contributed by atoms with Gasteiger partial charge in [0, 0.05) is 39.1 Å². The molecule has 0 spiro atoms. The molecular formula is C17H31ClN4O2. The van der Waals surface area contributed by atoms with E-state index < -0.39 is 6.10 Å². The molecule has 138 valence electrons. The van der Waals surface area contributed by atoms with Crippen LogP contribution in [-0.2, 0) is 18.3 Å². The largest absolute Gasteiger partial charge is 0.389 e. The lowest BCUT2D eigenvalue weighted by atomic mass is 10.2. The van der Waals surface area contributed by atoms with Gasteiger partial charge < -0.3 is 24.6 Å². The molecule has 1 atom stereocenters. The summed E-state index contributed by atoms with van der Waals surface area (Å²) in [6.45, 7) is 8.88. The quantitative estimate of drug-likeness (QED) is 0.524. The summed E-state index contributed by atoms with van der Waals surface area (Å²) in [5, 5.41) is 14.0.